The molecule has 0 aromatic carbocycles. The zero-order valence-electron chi connectivity index (χ0n) is 9.24. The van der Waals surface area contributed by atoms with Crippen molar-refractivity contribution in [1.82, 2.24) is 0 Å². The molecule has 2 saturated carbocycles. The zero-order chi connectivity index (χ0) is 10.3. The first-order valence-electron chi connectivity index (χ1n) is 5.86. The molecule has 0 heterocycles. The topological polar surface area (TPSA) is 40.5 Å². The first-order valence-corrected chi connectivity index (χ1v) is 5.86. The van der Waals surface area contributed by atoms with Gasteiger partial charge in [0.2, 0.25) is 0 Å². The summed E-state index contributed by atoms with van der Waals surface area (Å²) in [4.78, 5) is 0. The van der Waals surface area contributed by atoms with E-state index in [0.29, 0.717) is 5.92 Å². The Hall–Kier alpha value is -0.0800. The normalized spacial score (nSPS) is 51.4. The summed E-state index contributed by atoms with van der Waals surface area (Å²) in [6, 6.07) is 0. The van der Waals surface area contributed by atoms with Gasteiger partial charge < -0.3 is 10.2 Å². The monoisotopic (exact) mass is 198 g/mol. The van der Waals surface area contributed by atoms with E-state index in [-0.39, 0.29) is 18.6 Å². The molecule has 5 atom stereocenters. The molecule has 2 fully saturated rings. The molecule has 2 nitrogen and oxygen atoms in total. The van der Waals surface area contributed by atoms with Crippen LogP contribution in [0.4, 0.5) is 0 Å². The van der Waals surface area contributed by atoms with E-state index in [0.717, 1.165) is 30.6 Å². The molecule has 0 saturated heterocycles. The lowest BCUT2D eigenvalue weighted by atomic mass is 9.64. The highest BCUT2D eigenvalue weighted by molar-refractivity contribution is 5.05. The number of hydrogen-bond donors (Lipinski definition) is 2. The average Bonchev–Trinajstić information content (AvgIpc) is 2.67. The summed E-state index contributed by atoms with van der Waals surface area (Å²) in [6.07, 6.45) is 3.21. The fourth-order valence-corrected chi connectivity index (χ4v) is 4.07. The van der Waals surface area contributed by atoms with Gasteiger partial charge in [-0.3, -0.25) is 0 Å². The van der Waals surface area contributed by atoms with E-state index in [1.165, 1.54) is 6.42 Å². The Kier molecular flexibility index (Phi) is 2.61. The Balaban J connectivity index is 2.17. The van der Waals surface area contributed by atoms with E-state index in [1.807, 2.05) is 0 Å². The summed E-state index contributed by atoms with van der Waals surface area (Å²) >= 11 is 0. The van der Waals surface area contributed by atoms with Gasteiger partial charge in [-0.05, 0) is 48.3 Å². The van der Waals surface area contributed by atoms with Crippen LogP contribution in [-0.2, 0) is 0 Å². The summed E-state index contributed by atoms with van der Waals surface area (Å²) < 4.78 is 0. The van der Waals surface area contributed by atoms with Gasteiger partial charge in [0.05, 0.1) is 0 Å². The van der Waals surface area contributed by atoms with Crippen LogP contribution in [-0.4, -0.2) is 23.4 Å². The van der Waals surface area contributed by atoms with Gasteiger partial charge >= 0.3 is 0 Å². The molecule has 0 aromatic rings. The van der Waals surface area contributed by atoms with Crippen LogP contribution in [0.15, 0.2) is 0 Å². The van der Waals surface area contributed by atoms with E-state index in [4.69, 9.17) is 5.11 Å². The maximum atomic E-state index is 9.56. The van der Waals surface area contributed by atoms with Gasteiger partial charge in [0.25, 0.3) is 0 Å². The van der Waals surface area contributed by atoms with E-state index in [2.05, 4.69) is 13.8 Å². The molecule has 2 bridgehead atoms. The second-order valence-corrected chi connectivity index (χ2v) is 5.52. The highest BCUT2D eigenvalue weighted by Gasteiger charge is 2.56. The van der Waals surface area contributed by atoms with Crippen molar-refractivity contribution in [3.63, 3.8) is 0 Å². The minimum absolute atomic E-state index is 0.0609. The van der Waals surface area contributed by atoms with Crippen molar-refractivity contribution < 1.29 is 10.2 Å². The Bertz CT molecular complexity index is 214. The SMILES string of the molecule is CC1C2CC(C1C)C(CO)(CCO)C2. The van der Waals surface area contributed by atoms with Gasteiger partial charge in [0, 0.05) is 13.2 Å². The molecule has 2 rings (SSSR count). The van der Waals surface area contributed by atoms with Crippen LogP contribution in [0.3, 0.4) is 0 Å². The number of hydrogen-bond acceptors (Lipinski definition) is 2. The van der Waals surface area contributed by atoms with Crippen molar-refractivity contribution in [2.45, 2.75) is 33.1 Å². The molecule has 2 heteroatoms. The van der Waals surface area contributed by atoms with E-state index in [9.17, 15) is 5.11 Å². The molecule has 2 aliphatic carbocycles. The second-order valence-electron chi connectivity index (χ2n) is 5.52. The summed E-state index contributed by atoms with van der Waals surface area (Å²) in [5.74, 6) is 3.00. The van der Waals surface area contributed by atoms with Crippen molar-refractivity contribution in [2.24, 2.45) is 29.1 Å². The quantitative estimate of drug-likeness (QED) is 0.724. The summed E-state index contributed by atoms with van der Waals surface area (Å²) in [5.41, 5.74) is 0.0609. The minimum Gasteiger partial charge on any atom is -0.396 e. The van der Waals surface area contributed by atoms with Crippen LogP contribution < -0.4 is 0 Å². The van der Waals surface area contributed by atoms with Gasteiger partial charge in [-0.1, -0.05) is 13.8 Å². The van der Waals surface area contributed by atoms with Crippen molar-refractivity contribution in [3.05, 3.63) is 0 Å². The zero-order valence-corrected chi connectivity index (χ0v) is 9.24. The van der Waals surface area contributed by atoms with Gasteiger partial charge in [-0.15, -0.1) is 0 Å². The highest BCUT2D eigenvalue weighted by Crippen LogP contribution is 2.61. The minimum atomic E-state index is 0.0609. The first kappa shape index (κ1) is 10.4. The summed E-state index contributed by atoms with van der Waals surface area (Å²) in [5, 5.41) is 18.7. The molecular formula is C12H22O2. The molecule has 2 aliphatic rings. The Labute approximate surface area is 86.3 Å². The molecule has 5 unspecified atom stereocenters. The van der Waals surface area contributed by atoms with Crippen LogP contribution in [0.25, 0.3) is 0 Å². The number of fused-ring (bicyclic) bond motifs is 2. The third-order valence-electron chi connectivity index (χ3n) is 5.14. The lowest BCUT2D eigenvalue weighted by Crippen LogP contribution is -2.39. The van der Waals surface area contributed by atoms with Crippen LogP contribution in [0.5, 0.6) is 0 Å². The largest absolute Gasteiger partial charge is 0.396 e. The van der Waals surface area contributed by atoms with E-state index < -0.39 is 0 Å². The van der Waals surface area contributed by atoms with Gasteiger partial charge in [-0.25, -0.2) is 0 Å². The Morgan fingerprint density at radius 1 is 1.21 bits per heavy atom. The number of rotatable bonds is 3. The molecular weight excluding hydrogens is 176 g/mol. The molecule has 82 valence electrons. The summed E-state index contributed by atoms with van der Waals surface area (Å²) in [7, 11) is 0. The van der Waals surface area contributed by atoms with Gasteiger partial charge in [0.15, 0.2) is 0 Å². The van der Waals surface area contributed by atoms with E-state index in [1.54, 1.807) is 0 Å². The van der Waals surface area contributed by atoms with Crippen LogP contribution in [0.2, 0.25) is 0 Å². The number of aliphatic hydroxyl groups excluding tert-OH is 2. The average molecular weight is 198 g/mol. The lowest BCUT2D eigenvalue weighted by molar-refractivity contribution is 0.00196. The van der Waals surface area contributed by atoms with Crippen molar-refractivity contribution in [2.75, 3.05) is 13.2 Å². The molecule has 0 radical (unpaired) electrons. The van der Waals surface area contributed by atoms with Crippen molar-refractivity contribution >= 4 is 0 Å². The lowest BCUT2D eigenvalue weighted by Gasteiger charge is -2.41. The second kappa shape index (κ2) is 3.49. The highest BCUT2D eigenvalue weighted by atomic mass is 16.3. The van der Waals surface area contributed by atoms with Gasteiger partial charge in [0.1, 0.15) is 0 Å². The third-order valence-corrected chi connectivity index (χ3v) is 5.14. The van der Waals surface area contributed by atoms with E-state index >= 15 is 0 Å². The number of aliphatic hydroxyl groups is 2. The first-order chi connectivity index (χ1) is 6.64. The molecule has 2 N–H and O–H groups in total. The van der Waals surface area contributed by atoms with Crippen LogP contribution in [0.1, 0.15) is 33.1 Å². The molecule has 0 spiro atoms. The van der Waals surface area contributed by atoms with Crippen LogP contribution >= 0.6 is 0 Å². The van der Waals surface area contributed by atoms with Crippen LogP contribution in [0, 0.1) is 29.1 Å². The van der Waals surface area contributed by atoms with Crippen molar-refractivity contribution in [1.29, 1.82) is 0 Å². The smallest absolute Gasteiger partial charge is 0.0491 e. The summed E-state index contributed by atoms with van der Waals surface area (Å²) in [6.45, 7) is 5.16. The molecule has 14 heavy (non-hydrogen) atoms. The Morgan fingerprint density at radius 2 is 1.93 bits per heavy atom. The molecule has 0 aliphatic heterocycles. The predicted molar refractivity (Wildman–Crippen MR) is 55.8 cm³/mol. The molecule has 0 aromatic heterocycles. The maximum absolute atomic E-state index is 9.56. The predicted octanol–water partition coefficient (Wildman–Crippen LogP) is 1.66. The maximum Gasteiger partial charge on any atom is 0.0491 e. The standard InChI is InChI=1S/C12H22O2/c1-8-9(2)11-5-10(8)6-12(11,7-14)3-4-13/h8-11,13-14H,3-7H2,1-2H3. The fraction of sp³-hybridized carbons (Fsp3) is 1.00. The third kappa shape index (κ3) is 1.24. The van der Waals surface area contributed by atoms with Crippen molar-refractivity contribution in [3.8, 4) is 0 Å². The van der Waals surface area contributed by atoms with Gasteiger partial charge in [-0.2, -0.15) is 0 Å². The fourth-order valence-electron chi connectivity index (χ4n) is 4.07. The molecule has 0 amide bonds. The Morgan fingerprint density at radius 3 is 2.36 bits per heavy atom.